The Kier molecular flexibility index (Phi) is 3.60. The topological polar surface area (TPSA) is 55.2 Å². The molecule has 1 aromatic heterocycles. The van der Waals surface area contributed by atoms with E-state index in [9.17, 15) is 17.2 Å². The molecular weight excluding hydrogens is 336 g/mol. The Morgan fingerprint density at radius 2 is 1.95 bits per heavy atom. The third-order valence-corrected chi connectivity index (χ3v) is 5.87. The summed E-state index contributed by atoms with van der Waals surface area (Å²) in [5.74, 6) is -2.08. The van der Waals surface area contributed by atoms with Gasteiger partial charge in [-0.3, -0.25) is 4.31 Å². The van der Waals surface area contributed by atoms with Crippen LogP contribution in [-0.2, 0) is 23.5 Å². The molecule has 0 bridgehead atoms. The Hall–Kier alpha value is -1.67. The van der Waals surface area contributed by atoms with Gasteiger partial charge < -0.3 is 4.57 Å². The zero-order valence-corrected chi connectivity index (χ0v) is 13.1. The number of fused-ring (bicyclic) bond motifs is 1. The summed E-state index contributed by atoms with van der Waals surface area (Å²) in [7, 11) is -2.47. The van der Waals surface area contributed by atoms with E-state index in [1.165, 1.54) is 10.9 Å². The van der Waals surface area contributed by atoms with Crippen molar-refractivity contribution in [3.05, 3.63) is 40.8 Å². The van der Waals surface area contributed by atoms with Crippen molar-refractivity contribution in [2.75, 3.05) is 10.8 Å². The number of hydrogen-bond acceptors (Lipinski definition) is 3. The summed E-state index contributed by atoms with van der Waals surface area (Å²) < 4.78 is 54.7. The van der Waals surface area contributed by atoms with Gasteiger partial charge in [-0.05, 0) is 24.5 Å². The molecule has 0 amide bonds. The Balaban J connectivity index is 2.15. The molecule has 3 rings (SSSR count). The molecule has 1 aromatic carbocycles. The van der Waals surface area contributed by atoms with Crippen LogP contribution < -0.4 is 4.31 Å². The number of imidazole rings is 1. The minimum absolute atomic E-state index is 0.0327. The summed E-state index contributed by atoms with van der Waals surface area (Å²) in [6.45, 7) is 0.160. The highest BCUT2D eigenvalue weighted by Crippen LogP contribution is 2.34. The van der Waals surface area contributed by atoms with Crippen molar-refractivity contribution in [2.45, 2.75) is 17.9 Å². The third kappa shape index (κ3) is 2.26. The first-order valence-corrected chi connectivity index (χ1v) is 8.31. The molecule has 22 heavy (non-hydrogen) atoms. The van der Waals surface area contributed by atoms with Gasteiger partial charge in [0, 0.05) is 19.7 Å². The van der Waals surface area contributed by atoms with Gasteiger partial charge in [-0.15, -0.1) is 0 Å². The number of hydrogen-bond donors (Lipinski definition) is 0. The van der Waals surface area contributed by atoms with Gasteiger partial charge in [-0.25, -0.2) is 13.8 Å². The molecule has 1 aliphatic rings. The number of anilines is 1. The van der Waals surface area contributed by atoms with Crippen molar-refractivity contribution >= 4 is 27.3 Å². The lowest BCUT2D eigenvalue weighted by Gasteiger charge is -2.30. The van der Waals surface area contributed by atoms with E-state index in [-0.39, 0.29) is 22.4 Å². The summed E-state index contributed by atoms with van der Waals surface area (Å²) in [5.41, 5.74) is 0.577. The summed E-state index contributed by atoms with van der Waals surface area (Å²) in [6.07, 6.45) is 2.27. The van der Waals surface area contributed by atoms with E-state index in [1.807, 2.05) is 0 Å². The summed E-state index contributed by atoms with van der Waals surface area (Å²) in [6, 6.07) is 1.94. The van der Waals surface area contributed by atoms with E-state index in [0.29, 0.717) is 18.4 Å². The van der Waals surface area contributed by atoms with E-state index in [4.69, 9.17) is 11.6 Å². The first-order chi connectivity index (χ1) is 10.3. The Morgan fingerprint density at radius 3 is 2.59 bits per heavy atom. The van der Waals surface area contributed by atoms with Crippen LogP contribution in [0.15, 0.2) is 23.5 Å². The molecule has 0 N–H and O–H groups in total. The molecule has 9 heteroatoms. The predicted octanol–water partition coefficient (Wildman–Crippen LogP) is 2.49. The van der Waals surface area contributed by atoms with Gasteiger partial charge in [-0.1, -0.05) is 11.6 Å². The van der Waals surface area contributed by atoms with Crippen molar-refractivity contribution in [1.82, 2.24) is 9.55 Å². The third-order valence-electron chi connectivity index (χ3n) is 3.57. The highest BCUT2D eigenvalue weighted by Gasteiger charge is 2.33. The minimum atomic E-state index is -4.03. The number of aryl methyl sites for hydroxylation is 2. The van der Waals surface area contributed by atoms with Crippen molar-refractivity contribution in [3.63, 3.8) is 0 Å². The zero-order chi connectivity index (χ0) is 16.1. The van der Waals surface area contributed by atoms with Gasteiger partial charge in [0.1, 0.15) is 5.15 Å². The van der Waals surface area contributed by atoms with Crippen molar-refractivity contribution in [2.24, 2.45) is 7.05 Å². The van der Waals surface area contributed by atoms with Gasteiger partial charge in [0.05, 0.1) is 12.0 Å². The first-order valence-electron chi connectivity index (χ1n) is 6.50. The molecule has 2 heterocycles. The van der Waals surface area contributed by atoms with E-state index in [1.54, 1.807) is 7.05 Å². The van der Waals surface area contributed by atoms with Crippen LogP contribution in [0.1, 0.15) is 12.0 Å². The highest BCUT2D eigenvalue weighted by molar-refractivity contribution is 7.92. The lowest BCUT2D eigenvalue weighted by Crippen LogP contribution is -2.36. The largest absolute Gasteiger partial charge is 0.324 e. The SMILES string of the molecule is Cn1cnc(S(=O)(=O)N2CCCc3cc(F)c(F)cc32)c1Cl. The summed E-state index contributed by atoms with van der Waals surface area (Å²) >= 11 is 5.96. The molecule has 1 aliphatic heterocycles. The normalized spacial score (nSPS) is 15.0. The Labute approximate surface area is 131 Å². The molecular formula is C13H12ClF2N3O2S. The van der Waals surface area contributed by atoms with Crippen molar-refractivity contribution in [3.8, 4) is 0 Å². The quantitative estimate of drug-likeness (QED) is 0.838. The molecule has 0 atom stereocenters. The standard InChI is InChI=1S/C13H12ClF2N3O2S/c1-18-7-17-13(12(18)14)22(20,21)19-4-2-3-8-5-9(15)10(16)6-11(8)19/h5-7H,2-4H2,1H3. The fraction of sp³-hybridized carbons (Fsp3) is 0.308. The van der Waals surface area contributed by atoms with E-state index < -0.39 is 21.7 Å². The Bertz CT molecular complexity index is 851. The molecule has 0 aliphatic carbocycles. The number of rotatable bonds is 2. The second-order valence-corrected chi connectivity index (χ2v) is 7.16. The van der Waals surface area contributed by atoms with Gasteiger partial charge in [0.2, 0.25) is 5.03 Å². The van der Waals surface area contributed by atoms with Gasteiger partial charge >= 0.3 is 0 Å². The Morgan fingerprint density at radius 1 is 1.27 bits per heavy atom. The van der Waals surface area contributed by atoms with Gasteiger partial charge in [0.15, 0.2) is 11.6 Å². The molecule has 0 fully saturated rings. The molecule has 2 aromatic rings. The van der Waals surface area contributed by atoms with E-state index in [2.05, 4.69) is 4.98 Å². The monoisotopic (exact) mass is 347 g/mol. The summed E-state index contributed by atoms with van der Waals surface area (Å²) in [4.78, 5) is 3.81. The first kappa shape index (κ1) is 15.2. The fourth-order valence-electron chi connectivity index (χ4n) is 2.46. The van der Waals surface area contributed by atoms with Gasteiger partial charge in [-0.2, -0.15) is 8.42 Å². The number of aromatic nitrogens is 2. The van der Waals surface area contributed by atoms with Gasteiger partial charge in [0.25, 0.3) is 10.0 Å². The number of benzene rings is 1. The maximum atomic E-state index is 13.5. The number of sulfonamides is 1. The zero-order valence-electron chi connectivity index (χ0n) is 11.6. The second kappa shape index (κ2) is 5.20. The molecule has 0 spiro atoms. The number of halogens is 3. The molecule has 0 unspecified atom stereocenters. The van der Waals surface area contributed by atoms with E-state index >= 15 is 0 Å². The minimum Gasteiger partial charge on any atom is -0.324 e. The maximum absolute atomic E-state index is 13.5. The van der Waals surface area contributed by atoms with Crippen LogP contribution in [0.4, 0.5) is 14.5 Å². The predicted molar refractivity (Wildman–Crippen MR) is 77.4 cm³/mol. The second-order valence-electron chi connectivity index (χ2n) is 5.03. The van der Waals surface area contributed by atoms with Crippen LogP contribution in [-0.4, -0.2) is 24.5 Å². The molecule has 118 valence electrons. The van der Waals surface area contributed by atoms with Crippen LogP contribution in [0.2, 0.25) is 5.15 Å². The van der Waals surface area contributed by atoms with Crippen molar-refractivity contribution in [1.29, 1.82) is 0 Å². The molecule has 0 saturated heterocycles. The lowest BCUT2D eigenvalue weighted by atomic mass is 10.0. The fourth-order valence-corrected chi connectivity index (χ4v) is 4.39. The van der Waals surface area contributed by atoms with E-state index in [0.717, 1.165) is 16.4 Å². The van der Waals surface area contributed by atoms with Crippen LogP contribution in [0, 0.1) is 11.6 Å². The van der Waals surface area contributed by atoms with Crippen LogP contribution in [0.25, 0.3) is 0 Å². The van der Waals surface area contributed by atoms with Crippen molar-refractivity contribution < 1.29 is 17.2 Å². The molecule has 5 nitrogen and oxygen atoms in total. The molecule has 0 radical (unpaired) electrons. The smallest absolute Gasteiger partial charge is 0.284 e. The van der Waals surface area contributed by atoms with Crippen LogP contribution >= 0.6 is 11.6 Å². The highest BCUT2D eigenvalue weighted by atomic mass is 35.5. The maximum Gasteiger partial charge on any atom is 0.284 e. The lowest BCUT2D eigenvalue weighted by molar-refractivity contribution is 0.505. The molecule has 0 saturated carbocycles. The summed E-state index contributed by atoms with van der Waals surface area (Å²) in [5, 5.41) is -0.330. The van der Waals surface area contributed by atoms with Crippen LogP contribution in [0.3, 0.4) is 0 Å². The average molecular weight is 348 g/mol. The number of nitrogens with zero attached hydrogens (tertiary/aromatic N) is 3. The van der Waals surface area contributed by atoms with Crippen LogP contribution in [0.5, 0.6) is 0 Å². The average Bonchev–Trinajstić information content (AvgIpc) is 2.80.